The van der Waals surface area contributed by atoms with Crippen molar-refractivity contribution in [2.75, 3.05) is 26.2 Å². The van der Waals surface area contributed by atoms with E-state index in [1.807, 2.05) is 0 Å². The standard InChI is InChI=1S/C18H22ClF3N6O3S/c1-11-13(9-23-25(11)2)32(30,31)27-7-5-26(6-8-27)14(29)10-28-16(12-3-4-12)15(19)17(24-28)18(20,21)22/h9,12H,3-8,10H2,1-2H3. The van der Waals surface area contributed by atoms with Gasteiger partial charge in [0.1, 0.15) is 11.4 Å². The van der Waals surface area contributed by atoms with Gasteiger partial charge in [0.25, 0.3) is 0 Å². The Balaban J connectivity index is 1.45. The van der Waals surface area contributed by atoms with Crippen molar-refractivity contribution >= 4 is 27.5 Å². The lowest BCUT2D eigenvalue weighted by Crippen LogP contribution is -2.51. The van der Waals surface area contributed by atoms with Crippen molar-refractivity contribution in [2.24, 2.45) is 7.05 Å². The summed E-state index contributed by atoms with van der Waals surface area (Å²) in [6.45, 7) is 1.67. The van der Waals surface area contributed by atoms with Crippen LogP contribution in [0.5, 0.6) is 0 Å². The van der Waals surface area contributed by atoms with E-state index >= 15 is 0 Å². The summed E-state index contributed by atoms with van der Waals surface area (Å²) in [7, 11) is -2.11. The zero-order valence-electron chi connectivity index (χ0n) is 17.4. The van der Waals surface area contributed by atoms with Crippen molar-refractivity contribution in [2.45, 2.75) is 43.3 Å². The van der Waals surface area contributed by atoms with Crippen molar-refractivity contribution in [1.82, 2.24) is 28.8 Å². The van der Waals surface area contributed by atoms with E-state index < -0.39 is 32.8 Å². The summed E-state index contributed by atoms with van der Waals surface area (Å²) in [5.74, 6) is -0.571. The molecule has 2 aromatic rings. The number of amides is 1. The van der Waals surface area contributed by atoms with Gasteiger partial charge in [-0.1, -0.05) is 11.6 Å². The Bertz CT molecular complexity index is 1150. The first kappa shape index (κ1) is 23.1. The summed E-state index contributed by atoms with van der Waals surface area (Å²) in [6.07, 6.45) is -2.02. The highest BCUT2D eigenvalue weighted by Crippen LogP contribution is 2.46. The van der Waals surface area contributed by atoms with Gasteiger partial charge in [-0.3, -0.25) is 14.2 Å². The second-order valence-electron chi connectivity index (χ2n) is 7.98. The Hall–Kier alpha value is -2.12. The third-order valence-corrected chi connectivity index (χ3v) is 8.22. The van der Waals surface area contributed by atoms with Gasteiger partial charge in [-0.15, -0.1) is 0 Å². The number of hydrogen-bond donors (Lipinski definition) is 0. The number of carbonyl (C=O) groups excluding carboxylic acids is 1. The largest absolute Gasteiger partial charge is 0.436 e. The van der Waals surface area contributed by atoms with Gasteiger partial charge < -0.3 is 4.90 Å². The van der Waals surface area contributed by atoms with Gasteiger partial charge >= 0.3 is 6.18 Å². The van der Waals surface area contributed by atoms with Gasteiger partial charge in [0.2, 0.25) is 15.9 Å². The van der Waals surface area contributed by atoms with Crippen LogP contribution in [0.4, 0.5) is 13.2 Å². The van der Waals surface area contributed by atoms with Crippen LogP contribution in [0.1, 0.15) is 35.8 Å². The van der Waals surface area contributed by atoms with Crippen molar-refractivity contribution in [3.8, 4) is 0 Å². The molecule has 0 spiro atoms. The maximum atomic E-state index is 13.2. The molecule has 1 saturated carbocycles. The first-order chi connectivity index (χ1) is 14.9. The van der Waals surface area contributed by atoms with Crippen molar-refractivity contribution in [1.29, 1.82) is 0 Å². The topological polar surface area (TPSA) is 93.3 Å². The lowest BCUT2D eigenvalue weighted by atomic mass is 10.2. The molecule has 0 N–H and O–H groups in total. The number of piperazine rings is 1. The Morgan fingerprint density at radius 1 is 1.22 bits per heavy atom. The number of carbonyl (C=O) groups is 1. The highest BCUT2D eigenvalue weighted by molar-refractivity contribution is 7.89. The van der Waals surface area contributed by atoms with Gasteiger partial charge in [-0.2, -0.15) is 27.7 Å². The maximum Gasteiger partial charge on any atom is 0.436 e. The van der Waals surface area contributed by atoms with Crippen molar-refractivity contribution in [3.63, 3.8) is 0 Å². The molecule has 0 unspecified atom stereocenters. The summed E-state index contributed by atoms with van der Waals surface area (Å²) < 4.78 is 69.2. The molecule has 4 rings (SSSR count). The molecule has 0 radical (unpaired) electrons. The third-order valence-electron chi connectivity index (χ3n) is 5.85. The minimum atomic E-state index is -4.71. The fourth-order valence-electron chi connectivity index (χ4n) is 3.78. The van der Waals surface area contributed by atoms with E-state index in [0.717, 1.165) is 4.68 Å². The molecule has 176 valence electrons. The monoisotopic (exact) mass is 494 g/mol. The molecule has 3 heterocycles. The molecule has 1 amide bonds. The highest BCUT2D eigenvalue weighted by atomic mass is 35.5. The van der Waals surface area contributed by atoms with Crippen LogP contribution in [0.3, 0.4) is 0 Å². The molecule has 0 bridgehead atoms. The molecule has 0 aromatic carbocycles. The molecule has 2 aromatic heterocycles. The number of rotatable bonds is 5. The molecule has 1 saturated heterocycles. The average Bonchev–Trinajstić information content (AvgIpc) is 3.41. The predicted octanol–water partition coefficient (Wildman–Crippen LogP) is 2.01. The first-order valence-electron chi connectivity index (χ1n) is 10.0. The molecule has 1 aliphatic carbocycles. The quantitative estimate of drug-likeness (QED) is 0.634. The van der Waals surface area contributed by atoms with Crippen molar-refractivity contribution < 1.29 is 26.4 Å². The van der Waals surface area contributed by atoms with Crippen LogP contribution in [-0.4, -0.2) is 69.3 Å². The van der Waals surface area contributed by atoms with Crippen molar-refractivity contribution in [3.05, 3.63) is 28.3 Å². The third kappa shape index (κ3) is 4.13. The van der Waals surface area contributed by atoms with Crippen LogP contribution < -0.4 is 0 Å². The molecule has 0 atom stereocenters. The average molecular weight is 495 g/mol. The van der Waals surface area contributed by atoms with E-state index in [0.29, 0.717) is 18.5 Å². The van der Waals surface area contributed by atoms with Crippen LogP contribution in [-0.2, 0) is 34.6 Å². The Labute approximate surface area is 187 Å². The zero-order chi connectivity index (χ0) is 23.4. The zero-order valence-corrected chi connectivity index (χ0v) is 19.0. The highest BCUT2D eigenvalue weighted by Gasteiger charge is 2.42. The summed E-state index contributed by atoms with van der Waals surface area (Å²) in [5.41, 5.74) is -0.440. The predicted molar refractivity (Wildman–Crippen MR) is 107 cm³/mol. The molecular formula is C18H22ClF3N6O3S. The second kappa shape index (κ2) is 8.03. The second-order valence-corrected chi connectivity index (χ2v) is 10.3. The minimum Gasteiger partial charge on any atom is -0.338 e. The van der Waals surface area contributed by atoms with E-state index in [9.17, 15) is 26.4 Å². The number of aromatic nitrogens is 4. The van der Waals surface area contributed by atoms with Gasteiger partial charge in [0.05, 0.1) is 22.6 Å². The molecule has 2 aliphatic rings. The number of aryl methyl sites for hydroxylation is 1. The molecule has 2 fully saturated rings. The summed E-state index contributed by atoms with van der Waals surface area (Å²) in [5, 5.41) is 7.10. The van der Waals surface area contributed by atoms with Crippen LogP contribution in [0.25, 0.3) is 0 Å². The normalized spacial score (nSPS) is 18.4. The van der Waals surface area contributed by atoms with E-state index in [2.05, 4.69) is 10.2 Å². The van der Waals surface area contributed by atoms with E-state index in [1.54, 1.807) is 14.0 Å². The van der Waals surface area contributed by atoms with Crippen LogP contribution in [0, 0.1) is 6.92 Å². The fourth-order valence-corrected chi connectivity index (χ4v) is 5.78. The first-order valence-corrected chi connectivity index (χ1v) is 11.8. The lowest BCUT2D eigenvalue weighted by molar-refractivity contribution is -0.142. The Kier molecular flexibility index (Phi) is 5.78. The van der Waals surface area contributed by atoms with Gasteiger partial charge in [0.15, 0.2) is 5.69 Å². The smallest absolute Gasteiger partial charge is 0.338 e. The Morgan fingerprint density at radius 3 is 2.34 bits per heavy atom. The fraction of sp³-hybridized carbons (Fsp3) is 0.611. The van der Waals surface area contributed by atoms with Gasteiger partial charge in [-0.25, -0.2) is 8.42 Å². The van der Waals surface area contributed by atoms with Crippen LogP contribution in [0.15, 0.2) is 11.1 Å². The molecular weight excluding hydrogens is 473 g/mol. The number of sulfonamides is 1. The number of nitrogens with zero attached hydrogens (tertiary/aromatic N) is 6. The van der Waals surface area contributed by atoms with E-state index in [4.69, 9.17) is 11.6 Å². The van der Waals surface area contributed by atoms with E-state index in [1.165, 1.54) is 20.1 Å². The number of halogens is 4. The molecule has 32 heavy (non-hydrogen) atoms. The van der Waals surface area contributed by atoms with Crippen LogP contribution >= 0.6 is 11.6 Å². The summed E-state index contributed by atoms with van der Waals surface area (Å²) in [6, 6.07) is 0. The summed E-state index contributed by atoms with van der Waals surface area (Å²) in [4.78, 5) is 14.3. The SMILES string of the molecule is Cc1c(S(=O)(=O)N2CCN(C(=O)Cn3nc(C(F)(F)F)c(Cl)c3C3CC3)CC2)cnn1C. The van der Waals surface area contributed by atoms with E-state index in [-0.39, 0.29) is 49.2 Å². The molecule has 14 heteroatoms. The van der Waals surface area contributed by atoms with Gasteiger partial charge in [-0.05, 0) is 19.8 Å². The maximum absolute atomic E-state index is 13.2. The Morgan fingerprint density at radius 2 is 1.84 bits per heavy atom. The minimum absolute atomic E-state index is 0.0750. The lowest BCUT2D eigenvalue weighted by Gasteiger charge is -2.34. The van der Waals surface area contributed by atoms with Crippen LogP contribution in [0.2, 0.25) is 5.02 Å². The van der Waals surface area contributed by atoms with Gasteiger partial charge in [0, 0.05) is 39.1 Å². The molecule has 1 aliphatic heterocycles. The number of alkyl halides is 3. The summed E-state index contributed by atoms with van der Waals surface area (Å²) >= 11 is 5.95. The number of hydrogen-bond acceptors (Lipinski definition) is 5. The molecule has 9 nitrogen and oxygen atoms in total.